The highest BCUT2D eigenvalue weighted by Crippen LogP contribution is 2.07. The molecule has 0 aliphatic carbocycles. The summed E-state index contributed by atoms with van der Waals surface area (Å²) in [5.74, 6) is 0.839. The second kappa shape index (κ2) is 6.34. The normalized spacial score (nSPS) is 9.71. The molecule has 2 N–H and O–H groups in total. The Balaban J connectivity index is 2.08. The van der Waals surface area contributed by atoms with Crippen molar-refractivity contribution in [3.05, 3.63) is 30.3 Å². The highest BCUT2D eigenvalue weighted by molar-refractivity contribution is 7.80. The molecule has 1 aromatic rings. The first-order chi connectivity index (χ1) is 6.79. The topological polar surface area (TPSA) is 44.5 Å². The van der Waals surface area contributed by atoms with Gasteiger partial charge in [0.25, 0.3) is 0 Å². The Labute approximate surface area is 88.8 Å². The number of para-hydroxylation sites is 1. The van der Waals surface area contributed by atoms with Gasteiger partial charge in [0.1, 0.15) is 12.4 Å². The van der Waals surface area contributed by atoms with Gasteiger partial charge in [-0.05, 0) is 12.1 Å². The quantitative estimate of drug-likeness (QED) is 0.570. The zero-order chi connectivity index (χ0) is 10.2. The Hall–Kier alpha value is -1.13. The second-order valence-electron chi connectivity index (χ2n) is 2.68. The van der Waals surface area contributed by atoms with Gasteiger partial charge in [0.2, 0.25) is 0 Å². The van der Waals surface area contributed by atoms with Crippen molar-refractivity contribution in [1.29, 1.82) is 0 Å². The van der Waals surface area contributed by atoms with Crippen LogP contribution in [0.25, 0.3) is 0 Å². The van der Waals surface area contributed by atoms with Gasteiger partial charge < -0.3 is 15.2 Å². The molecule has 0 radical (unpaired) electrons. The Kier molecular flexibility index (Phi) is 4.96. The van der Waals surface area contributed by atoms with Crippen molar-refractivity contribution in [3.8, 4) is 5.75 Å². The lowest BCUT2D eigenvalue weighted by Crippen LogP contribution is -2.18. The summed E-state index contributed by atoms with van der Waals surface area (Å²) in [5.41, 5.74) is 5.25. The molecule has 0 spiro atoms. The predicted molar refractivity (Wildman–Crippen MR) is 59.5 cm³/mol. The number of rotatable bonds is 6. The summed E-state index contributed by atoms with van der Waals surface area (Å²) in [7, 11) is 0. The maximum Gasteiger partial charge on any atom is 0.119 e. The molecule has 0 aliphatic heterocycles. The van der Waals surface area contributed by atoms with Crippen LogP contribution in [-0.2, 0) is 4.74 Å². The molecule has 0 aromatic heterocycles. The molecule has 4 heteroatoms. The van der Waals surface area contributed by atoms with E-state index in [2.05, 4.69) is 12.2 Å². The van der Waals surface area contributed by atoms with Crippen LogP contribution in [0.15, 0.2) is 30.3 Å². The van der Waals surface area contributed by atoms with E-state index in [-0.39, 0.29) is 0 Å². The first kappa shape index (κ1) is 10.9. The van der Waals surface area contributed by atoms with Crippen LogP contribution in [0.3, 0.4) is 0 Å². The molecule has 14 heavy (non-hydrogen) atoms. The van der Waals surface area contributed by atoms with E-state index in [0.717, 1.165) is 5.75 Å². The Morgan fingerprint density at radius 1 is 1.21 bits per heavy atom. The van der Waals surface area contributed by atoms with Crippen LogP contribution in [0.5, 0.6) is 5.75 Å². The molecule has 0 amide bonds. The maximum atomic E-state index is 5.38. The molecule has 0 aliphatic rings. The van der Waals surface area contributed by atoms with Gasteiger partial charge in [-0.25, -0.2) is 0 Å². The van der Waals surface area contributed by atoms with E-state index < -0.39 is 0 Å². The third kappa shape index (κ3) is 4.79. The van der Waals surface area contributed by atoms with E-state index in [1.165, 1.54) is 0 Å². The fourth-order valence-electron chi connectivity index (χ4n) is 0.908. The van der Waals surface area contributed by atoms with Gasteiger partial charge in [0.05, 0.1) is 18.2 Å². The fraction of sp³-hybridized carbons (Fsp3) is 0.300. The molecular weight excluding hydrogens is 198 g/mol. The van der Waals surface area contributed by atoms with Crippen LogP contribution in [0.1, 0.15) is 0 Å². The molecule has 1 aromatic carbocycles. The number of hydrogen-bond acceptors (Lipinski definition) is 3. The second-order valence-corrected chi connectivity index (χ2v) is 3.20. The Bertz CT molecular complexity index is 277. The summed E-state index contributed by atoms with van der Waals surface area (Å²) in [5, 5.41) is 0. The number of nitrogens with two attached hydrogens (primary N) is 1. The SMILES string of the molecule is NC(=S)COCCOc1ccccc1. The molecular formula is C10H13NO2S. The van der Waals surface area contributed by atoms with Gasteiger partial charge in [0, 0.05) is 0 Å². The minimum absolute atomic E-state index is 0.313. The van der Waals surface area contributed by atoms with Gasteiger partial charge in [-0.1, -0.05) is 30.4 Å². The molecule has 0 fully saturated rings. The monoisotopic (exact) mass is 211 g/mol. The number of ether oxygens (including phenoxy) is 2. The highest BCUT2D eigenvalue weighted by atomic mass is 32.1. The lowest BCUT2D eigenvalue weighted by molar-refractivity contribution is 0.128. The highest BCUT2D eigenvalue weighted by Gasteiger charge is 1.92. The van der Waals surface area contributed by atoms with Crippen molar-refractivity contribution >= 4 is 17.2 Å². The Morgan fingerprint density at radius 2 is 1.93 bits per heavy atom. The largest absolute Gasteiger partial charge is 0.491 e. The van der Waals surface area contributed by atoms with Gasteiger partial charge in [-0.2, -0.15) is 0 Å². The summed E-state index contributed by atoms with van der Waals surface area (Å²) in [6.07, 6.45) is 0. The zero-order valence-electron chi connectivity index (χ0n) is 7.81. The lowest BCUT2D eigenvalue weighted by Gasteiger charge is -2.05. The first-order valence-corrected chi connectivity index (χ1v) is 4.74. The average Bonchev–Trinajstić information content (AvgIpc) is 2.18. The molecule has 0 atom stereocenters. The van der Waals surface area contributed by atoms with E-state index in [4.69, 9.17) is 15.2 Å². The van der Waals surface area contributed by atoms with Crippen LogP contribution in [0.2, 0.25) is 0 Å². The number of benzene rings is 1. The number of thiocarbonyl (C=S) groups is 1. The predicted octanol–water partition coefficient (Wildman–Crippen LogP) is 1.37. The molecule has 0 saturated carbocycles. The van der Waals surface area contributed by atoms with Gasteiger partial charge in [0.15, 0.2) is 0 Å². The number of hydrogen-bond donors (Lipinski definition) is 1. The third-order valence-electron chi connectivity index (χ3n) is 1.48. The van der Waals surface area contributed by atoms with Gasteiger partial charge in [-0.15, -0.1) is 0 Å². The van der Waals surface area contributed by atoms with Crippen molar-refractivity contribution in [2.75, 3.05) is 19.8 Å². The van der Waals surface area contributed by atoms with E-state index in [0.29, 0.717) is 24.8 Å². The van der Waals surface area contributed by atoms with E-state index >= 15 is 0 Å². The summed E-state index contributed by atoms with van der Waals surface area (Å²) >= 11 is 4.65. The summed E-state index contributed by atoms with van der Waals surface area (Å²) in [4.78, 5) is 0.365. The summed E-state index contributed by atoms with van der Waals surface area (Å²) in [6.45, 7) is 1.31. The van der Waals surface area contributed by atoms with Gasteiger partial charge in [-0.3, -0.25) is 0 Å². The third-order valence-corrected chi connectivity index (χ3v) is 1.60. The zero-order valence-corrected chi connectivity index (χ0v) is 8.63. The van der Waals surface area contributed by atoms with Crippen LogP contribution < -0.4 is 10.5 Å². The van der Waals surface area contributed by atoms with Crippen molar-refractivity contribution in [3.63, 3.8) is 0 Å². The summed E-state index contributed by atoms with van der Waals surface area (Å²) < 4.78 is 10.5. The molecule has 0 unspecified atom stereocenters. The molecule has 76 valence electrons. The van der Waals surface area contributed by atoms with Crippen LogP contribution in [0, 0.1) is 0 Å². The molecule has 0 heterocycles. The van der Waals surface area contributed by atoms with Crippen LogP contribution in [0.4, 0.5) is 0 Å². The minimum atomic E-state index is 0.313. The first-order valence-electron chi connectivity index (χ1n) is 4.33. The summed E-state index contributed by atoms with van der Waals surface area (Å²) in [6, 6.07) is 9.58. The standard InChI is InChI=1S/C10H13NO2S/c11-10(14)8-12-6-7-13-9-4-2-1-3-5-9/h1-5H,6-8H2,(H2,11,14). The van der Waals surface area contributed by atoms with Crippen molar-refractivity contribution in [1.82, 2.24) is 0 Å². The van der Waals surface area contributed by atoms with Gasteiger partial charge >= 0.3 is 0 Å². The maximum absolute atomic E-state index is 5.38. The van der Waals surface area contributed by atoms with E-state index in [9.17, 15) is 0 Å². The Morgan fingerprint density at radius 3 is 2.57 bits per heavy atom. The molecule has 0 bridgehead atoms. The average molecular weight is 211 g/mol. The van der Waals surface area contributed by atoms with Crippen molar-refractivity contribution in [2.45, 2.75) is 0 Å². The molecule has 0 saturated heterocycles. The van der Waals surface area contributed by atoms with Crippen LogP contribution >= 0.6 is 12.2 Å². The van der Waals surface area contributed by atoms with Crippen molar-refractivity contribution in [2.24, 2.45) is 5.73 Å². The van der Waals surface area contributed by atoms with Crippen molar-refractivity contribution < 1.29 is 9.47 Å². The lowest BCUT2D eigenvalue weighted by atomic mass is 10.3. The molecule has 3 nitrogen and oxygen atoms in total. The molecule has 1 rings (SSSR count). The minimum Gasteiger partial charge on any atom is -0.491 e. The fourth-order valence-corrected chi connectivity index (χ4v) is 0.991. The van der Waals surface area contributed by atoms with Crippen LogP contribution in [-0.4, -0.2) is 24.8 Å². The smallest absolute Gasteiger partial charge is 0.119 e. The van der Waals surface area contributed by atoms with E-state index in [1.807, 2.05) is 30.3 Å². The van der Waals surface area contributed by atoms with E-state index in [1.54, 1.807) is 0 Å².